The average molecular weight is 308 g/mol. The Morgan fingerprint density at radius 1 is 1.50 bits per heavy atom. The zero-order chi connectivity index (χ0) is 16.3. The third kappa shape index (κ3) is 4.68. The van der Waals surface area contributed by atoms with E-state index in [9.17, 15) is 9.18 Å². The van der Waals surface area contributed by atoms with Gasteiger partial charge in [-0.1, -0.05) is 0 Å². The first-order chi connectivity index (χ1) is 10.2. The summed E-state index contributed by atoms with van der Waals surface area (Å²) in [5.74, 6) is -0.109. The summed E-state index contributed by atoms with van der Waals surface area (Å²) in [7, 11) is 0. The van der Waals surface area contributed by atoms with Crippen LogP contribution in [0.15, 0.2) is 12.3 Å². The van der Waals surface area contributed by atoms with Gasteiger partial charge in [-0.15, -0.1) is 0 Å². The molecule has 0 saturated carbocycles. The number of nitrogens with zero attached hydrogens (tertiary/aromatic N) is 2. The summed E-state index contributed by atoms with van der Waals surface area (Å²) < 4.78 is 18.7. The maximum absolute atomic E-state index is 13.3. The van der Waals surface area contributed by atoms with Crippen molar-refractivity contribution in [2.24, 2.45) is 5.92 Å². The van der Waals surface area contributed by atoms with E-state index in [4.69, 9.17) is 4.74 Å². The van der Waals surface area contributed by atoms with E-state index < -0.39 is 11.5 Å². The molecule has 0 aliphatic carbocycles. The predicted molar refractivity (Wildman–Crippen MR) is 83.2 cm³/mol. The summed E-state index contributed by atoms with van der Waals surface area (Å²) in [5, 5.41) is 0. The van der Waals surface area contributed by atoms with Gasteiger partial charge in [-0.2, -0.15) is 4.39 Å². The molecule has 1 atom stereocenters. The first kappa shape index (κ1) is 16.7. The Hall–Kier alpha value is -1.65. The molecule has 5 heteroatoms. The fraction of sp³-hybridized carbons (Fsp3) is 0.647. The third-order valence-corrected chi connectivity index (χ3v) is 3.86. The van der Waals surface area contributed by atoms with Crippen LogP contribution in [-0.4, -0.2) is 34.7 Å². The highest BCUT2D eigenvalue weighted by atomic mass is 19.1. The molecule has 0 bridgehead atoms. The molecule has 1 aromatic heterocycles. The zero-order valence-electron chi connectivity index (χ0n) is 13.9. The van der Waals surface area contributed by atoms with Crippen molar-refractivity contribution in [3.63, 3.8) is 0 Å². The molecule has 0 radical (unpaired) electrons. The molecule has 22 heavy (non-hydrogen) atoms. The number of halogens is 1. The summed E-state index contributed by atoms with van der Waals surface area (Å²) in [6, 6.07) is 1.50. The van der Waals surface area contributed by atoms with E-state index in [1.165, 1.54) is 6.07 Å². The topological polar surface area (TPSA) is 42.4 Å². The van der Waals surface area contributed by atoms with E-state index in [1.807, 2.05) is 27.7 Å². The Labute approximate surface area is 131 Å². The number of ether oxygens (including phenoxy) is 1. The lowest BCUT2D eigenvalue weighted by Gasteiger charge is -2.34. The van der Waals surface area contributed by atoms with E-state index in [0.717, 1.165) is 36.9 Å². The highest BCUT2D eigenvalue weighted by Crippen LogP contribution is 2.24. The fourth-order valence-corrected chi connectivity index (χ4v) is 2.79. The Bertz CT molecular complexity index is 540. The monoisotopic (exact) mass is 308 g/mol. The predicted octanol–water partition coefficient (Wildman–Crippen LogP) is 3.72. The summed E-state index contributed by atoms with van der Waals surface area (Å²) in [5.41, 5.74) is 1.49. The number of piperidine rings is 1. The standard InChI is InChI=1S/C17H25FN2O2/c1-12-10-19-15(18)9-14(12)8-13-6-5-7-20(11-13)16(21)22-17(2,3)4/h9-10,13H,5-8,11H2,1-4H3. The van der Waals surface area contributed by atoms with Crippen LogP contribution >= 0.6 is 0 Å². The second kappa shape index (κ2) is 6.63. The SMILES string of the molecule is Cc1cnc(F)cc1CC1CCCN(C(=O)OC(C)(C)C)C1. The maximum Gasteiger partial charge on any atom is 0.410 e. The molecule has 0 spiro atoms. The summed E-state index contributed by atoms with van der Waals surface area (Å²) >= 11 is 0. The first-order valence-corrected chi connectivity index (χ1v) is 7.83. The van der Waals surface area contributed by atoms with Crippen LogP contribution in [0.2, 0.25) is 0 Å². The fourth-order valence-electron chi connectivity index (χ4n) is 2.79. The molecule has 1 aliphatic rings. The lowest BCUT2D eigenvalue weighted by atomic mass is 9.90. The zero-order valence-corrected chi connectivity index (χ0v) is 13.9. The summed E-state index contributed by atoms with van der Waals surface area (Å²) in [6.07, 6.45) is 4.08. The van der Waals surface area contributed by atoms with Gasteiger partial charge < -0.3 is 9.64 Å². The molecule has 1 fully saturated rings. The van der Waals surface area contributed by atoms with Gasteiger partial charge in [0.25, 0.3) is 0 Å². The van der Waals surface area contributed by atoms with Crippen molar-refractivity contribution in [1.29, 1.82) is 0 Å². The van der Waals surface area contributed by atoms with Crippen LogP contribution in [0.3, 0.4) is 0 Å². The van der Waals surface area contributed by atoms with Crippen molar-refractivity contribution < 1.29 is 13.9 Å². The van der Waals surface area contributed by atoms with Gasteiger partial charge in [-0.25, -0.2) is 9.78 Å². The number of carbonyl (C=O) groups is 1. The van der Waals surface area contributed by atoms with Crippen LogP contribution < -0.4 is 0 Å². The van der Waals surface area contributed by atoms with Crippen molar-refractivity contribution in [3.05, 3.63) is 29.3 Å². The van der Waals surface area contributed by atoms with E-state index in [0.29, 0.717) is 12.5 Å². The number of pyridine rings is 1. The van der Waals surface area contributed by atoms with Gasteiger partial charge in [0, 0.05) is 19.3 Å². The highest BCUT2D eigenvalue weighted by Gasteiger charge is 2.27. The summed E-state index contributed by atoms with van der Waals surface area (Å²) in [4.78, 5) is 17.6. The summed E-state index contributed by atoms with van der Waals surface area (Å²) in [6.45, 7) is 8.95. The number of amides is 1. The van der Waals surface area contributed by atoms with Gasteiger partial charge in [0.15, 0.2) is 0 Å². The molecule has 2 heterocycles. The van der Waals surface area contributed by atoms with E-state index in [-0.39, 0.29) is 6.09 Å². The second-order valence-corrected chi connectivity index (χ2v) is 7.07. The molecular weight excluding hydrogens is 283 g/mol. The minimum absolute atomic E-state index is 0.255. The number of aromatic nitrogens is 1. The van der Waals surface area contributed by atoms with Crippen molar-refractivity contribution in [2.45, 2.75) is 52.6 Å². The van der Waals surface area contributed by atoms with Crippen molar-refractivity contribution in [2.75, 3.05) is 13.1 Å². The van der Waals surface area contributed by atoms with Crippen LogP contribution in [0.1, 0.15) is 44.7 Å². The Kier molecular flexibility index (Phi) is 5.04. The van der Waals surface area contributed by atoms with Gasteiger partial charge in [0.05, 0.1) is 0 Å². The molecule has 1 aromatic rings. The van der Waals surface area contributed by atoms with Gasteiger partial charge in [0.1, 0.15) is 5.60 Å². The molecule has 1 unspecified atom stereocenters. The maximum atomic E-state index is 13.3. The molecule has 0 N–H and O–H groups in total. The Balaban J connectivity index is 1.98. The highest BCUT2D eigenvalue weighted by molar-refractivity contribution is 5.68. The van der Waals surface area contributed by atoms with E-state index in [2.05, 4.69) is 4.98 Å². The van der Waals surface area contributed by atoms with Gasteiger partial charge in [-0.3, -0.25) is 0 Å². The molecule has 1 amide bonds. The van der Waals surface area contributed by atoms with E-state index in [1.54, 1.807) is 11.1 Å². The van der Waals surface area contributed by atoms with Gasteiger partial charge in [0.2, 0.25) is 5.95 Å². The first-order valence-electron chi connectivity index (χ1n) is 7.83. The normalized spacial score (nSPS) is 19.1. The van der Waals surface area contributed by atoms with Crippen molar-refractivity contribution in [1.82, 2.24) is 9.88 Å². The quantitative estimate of drug-likeness (QED) is 0.782. The number of hydrogen-bond donors (Lipinski definition) is 0. The van der Waals surface area contributed by atoms with Crippen LogP contribution in [-0.2, 0) is 11.2 Å². The molecule has 2 rings (SSSR count). The smallest absolute Gasteiger partial charge is 0.410 e. The Morgan fingerprint density at radius 3 is 2.91 bits per heavy atom. The van der Waals surface area contributed by atoms with Gasteiger partial charge >= 0.3 is 6.09 Å². The van der Waals surface area contributed by atoms with Crippen LogP contribution in [0.4, 0.5) is 9.18 Å². The van der Waals surface area contributed by atoms with E-state index >= 15 is 0 Å². The molecular formula is C17H25FN2O2. The second-order valence-electron chi connectivity index (χ2n) is 7.07. The number of rotatable bonds is 2. The third-order valence-electron chi connectivity index (χ3n) is 3.86. The lowest BCUT2D eigenvalue weighted by Crippen LogP contribution is -2.43. The molecule has 0 aromatic carbocycles. The number of carbonyl (C=O) groups excluding carboxylic acids is 1. The van der Waals surface area contributed by atoms with Gasteiger partial charge in [-0.05, 0) is 70.1 Å². The number of hydrogen-bond acceptors (Lipinski definition) is 3. The number of aryl methyl sites for hydroxylation is 1. The number of likely N-dealkylation sites (tertiary alicyclic amines) is 1. The average Bonchev–Trinajstić information content (AvgIpc) is 2.41. The van der Waals surface area contributed by atoms with Crippen LogP contribution in [0, 0.1) is 18.8 Å². The van der Waals surface area contributed by atoms with Crippen molar-refractivity contribution >= 4 is 6.09 Å². The van der Waals surface area contributed by atoms with Crippen LogP contribution in [0.25, 0.3) is 0 Å². The molecule has 122 valence electrons. The largest absolute Gasteiger partial charge is 0.444 e. The van der Waals surface area contributed by atoms with Crippen molar-refractivity contribution in [3.8, 4) is 0 Å². The molecule has 1 aliphatic heterocycles. The minimum Gasteiger partial charge on any atom is -0.444 e. The van der Waals surface area contributed by atoms with Crippen LogP contribution in [0.5, 0.6) is 0 Å². The Morgan fingerprint density at radius 2 is 2.23 bits per heavy atom. The minimum atomic E-state index is -0.477. The lowest BCUT2D eigenvalue weighted by molar-refractivity contribution is 0.0166. The molecule has 1 saturated heterocycles. The molecule has 4 nitrogen and oxygen atoms in total.